The maximum atomic E-state index is 9.95. The van der Waals surface area contributed by atoms with Crippen LogP contribution < -0.4 is 10.2 Å². The van der Waals surface area contributed by atoms with Crippen LogP contribution in [0.25, 0.3) is 33.6 Å². The Morgan fingerprint density at radius 1 is 0.969 bits per heavy atom. The van der Waals surface area contributed by atoms with Crippen molar-refractivity contribution in [3.05, 3.63) is 60.9 Å². The van der Waals surface area contributed by atoms with Gasteiger partial charge in [0, 0.05) is 36.4 Å². The highest BCUT2D eigenvalue weighted by atomic mass is 16.3. The fourth-order valence-corrected chi connectivity index (χ4v) is 4.26. The van der Waals surface area contributed by atoms with Gasteiger partial charge in [0.1, 0.15) is 17.9 Å². The lowest BCUT2D eigenvalue weighted by Crippen LogP contribution is -2.36. The summed E-state index contributed by atoms with van der Waals surface area (Å²) < 4.78 is 6.33. The third-order valence-electron chi connectivity index (χ3n) is 5.88. The van der Waals surface area contributed by atoms with Crippen LogP contribution >= 0.6 is 0 Å². The number of hydrogen-bond acceptors (Lipinski definition) is 7. The second-order valence-corrected chi connectivity index (χ2v) is 8.00. The van der Waals surface area contributed by atoms with E-state index in [4.69, 9.17) is 9.52 Å². The molecule has 1 aliphatic heterocycles. The fourth-order valence-electron chi connectivity index (χ4n) is 4.26. The molecule has 0 saturated carbocycles. The monoisotopic (exact) mass is 430 g/mol. The van der Waals surface area contributed by atoms with Crippen LogP contribution in [0.4, 0.5) is 11.5 Å². The summed E-state index contributed by atoms with van der Waals surface area (Å²) in [5.74, 6) is 1.59. The van der Waals surface area contributed by atoms with E-state index in [9.17, 15) is 5.11 Å². The fraction of sp³-hybridized carbons (Fsp3) is 0.280. The topological polar surface area (TPSA) is 94.7 Å². The molecular formula is C25H26N4O3. The van der Waals surface area contributed by atoms with Crippen molar-refractivity contribution < 1.29 is 14.6 Å². The van der Waals surface area contributed by atoms with Crippen LogP contribution in [0.2, 0.25) is 0 Å². The molecule has 0 amide bonds. The Morgan fingerprint density at radius 3 is 2.44 bits per heavy atom. The van der Waals surface area contributed by atoms with E-state index in [0.717, 1.165) is 65.3 Å². The van der Waals surface area contributed by atoms with Gasteiger partial charge in [-0.3, -0.25) is 0 Å². The molecule has 164 valence electrons. The Labute approximate surface area is 186 Å². The number of aromatic nitrogens is 2. The first-order valence-electron chi connectivity index (χ1n) is 11.0. The molecule has 2 aromatic carbocycles. The van der Waals surface area contributed by atoms with Gasteiger partial charge in [-0.05, 0) is 42.7 Å². The Balaban J connectivity index is 1.66. The molecule has 1 saturated heterocycles. The third-order valence-corrected chi connectivity index (χ3v) is 5.88. The van der Waals surface area contributed by atoms with Crippen LogP contribution in [-0.2, 0) is 0 Å². The number of piperidine rings is 1. The van der Waals surface area contributed by atoms with Crippen LogP contribution in [0, 0.1) is 0 Å². The zero-order valence-electron chi connectivity index (χ0n) is 17.7. The van der Waals surface area contributed by atoms with E-state index in [1.165, 1.54) is 0 Å². The largest absolute Gasteiger partial charge is 0.437 e. The van der Waals surface area contributed by atoms with Gasteiger partial charge < -0.3 is 24.8 Å². The average molecular weight is 431 g/mol. The first-order chi connectivity index (χ1) is 15.7. The number of benzene rings is 2. The molecule has 3 heterocycles. The molecule has 4 aromatic rings. The minimum absolute atomic E-state index is 0.0818. The Kier molecular flexibility index (Phi) is 5.75. The molecular weight excluding hydrogens is 404 g/mol. The van der Waals surface area contributed by atoms with Gasteiger partial charge in [0.15, 0.2) is 0 Å². The number of aliphatic hydroxyl groups is 2. The smallest absolute Gasteiger partial charge is 0.232 e. The highest BCUT2D eigenvalue weighted by Gasteiger charge is 2.26. The summed E-state index contributed by atoms with van der Waals surface area (Å²) in [6.07, 6.45) is 2.74. The zero-order valence-corrected chi connectivity index (χ0v) is 17.7. The number of nitrogens with zero attached hydrogens (tertiary/aromatic N) is 3. The average Bonchev–Trinajstić information content (AvgIpc) is 3.24. The van der Waals surface area contributed by atoms with Crippen LogP contribution in [0.1, 0.15) is 12.8 Å². The lowest BCUT2D eigenvalue weighted by atomic mass is 9.98. The SMILES string of the molecule is OCCNc1ccc(-c2oc3ncnc(N4CCC(O)CC4)c3c2-c2ccccc2)cc1. The van der Waals surface area contributed by atoms with E-state index in [1.807, 2.05) is 42.5 Å². The van der Waals surface area contributed by atoms with Crippen LogP contribution in [0.5, 0.6) is 0 Å². The molecule has 7 heteroatoms. The van der Waals surface area contributed by atoms with Gasteiger partial charge in [0.25, 0.3) is 0 Å². The van der Waals surface area contributed by atoms with E-state index in [2.05, 4.69) is 32.3 Å². The summed E-state index contributed by atoms with van der Waals surface area (Å²) in [5.41, 5.74) is 4.44. The number of anilines is 2. The van der Waals surface area contributed by atoms with Gasteiger partial charge in [-0.1, -0.05) is 30.3 Å². The molecule has 5 rings (SSSR count). The van der Waals surface area contributed by atoms with Crippen molar-refractivity contribution in [2.45, 2.75) is 18.9 Å². The molecule has 1 fully saturated rings. The summed E-state index contributed by atoms with van der Waals surface area (Å²) in [6.45, 7) is 2.07. The number of furan rings is 1. The molecule has 0 radical (unpaired) electrons. The minimum Gasteiger partial charge on any atom is -0.437 e. The number of fused-ring (bicyclic) bond motifs is 1. The molecule has 0 unspecified atom stereocenters. The molecule has 0 atom stereocenters. The molecule has 3 N–H and O–H groups in total. The molecule has 0 spiro atoms. The third kappa shape index (κ3) is 3.92. The van der Waals surface area contributed by atoms with Gasteiger partial charge in [-0.15, -0.1) is 0 Å². The van der Waals surface area contributed by atoms with Crippen LogP contribution in [-0.4, -0.2) is 52.5 Å². The summed E-state index contributed by atoms with van der Waals surface area (Å²) in [6, 6.07) is 18.1. The number of nitrogens with one attached hydrogen (secondary N) is 1. The van der Waals surface area contributed by atoms with E-state index in [0.29, 0.717) is 12.3 Å². The second-order valence-electron chi connectivity index (χ2n) is 8.00. The Bertz CT molecular complexity index is 1180. The summed E-state index contributed by atoms with van der Waals surface area (Å²) in [7, 11) is 0. The lowest BCUT2D eigenvalue weighted by Gasteiger charge is -2.30. The Hall–Kier alpha value is -3.42. The first-order valence-corrected chi connectivity index (χ1v) is 11.0. The highest BCUT2D eigenvalue weighted by molar-refractivity contribution is 6.06. The standard InChI is InChI=1S/C25H26N4O3/c30-15-12-26-19-8-6-18(7-9-19)23-21(17-4-2-1-3-5-17)22-24(27-16-28-25(22)32-23)29-13-10-20(31)11-14-29/h1-9,16,20,26,30-31H,10-15H2. The van der Waals surface area contributed by atoms with Crippen molar-refractivity contribution in [1.29, 1.82) is 0 Å². The van der Waals surface area contributed by atoms with Crippen molar-refractivity contribution in [3.63, 3.8) is 0 Å². The summed E-state index contributed by atoms with van der Waals surface area (Å²) >= 11 is 0. The molecule has 2 aromatic heterocycles. The van der Waals surface area contributed by atoms with Crippen molar-refractivity contribution in [1.82, 2.24) is 9.97 Å². The molecule has 32 heavy (non-hydrogen) atoms. The predicted octanol–water partition coefficient (Wildman–Crippen LogP) is 3.92. The molecule has 0 aliphatic carbocycles. The second kappa shape index (κ2) is 8.98. The first kappa shape index (κ1) is 20.5. The molecule has 0 bridgehead atoms. The number of aliphatic hydroxyl groups excluding tert-OH is 2. The highest BCUT2D eigenvalue weighted by Crippen LogP contribution is 2.43. The predicted molar refractivity (Wildman–Crippen MR) is 126 cm³/mol. The summed E-state index contributed by atoms with van der Waals surface area (Å²) in [5, 5.41) is 23.1. The van der Waals surface area contributed by atoms with Crippen molar-refractivity contribution in [3.8, 4) is 22.5 Å². The van der Waals surface area contributed by atoms with Crippen molar-refractivity contribution in [2.75, 3.05) is 36.5 Å². The van der Waals surface area contributed by atoms with E-state index >= 15 is 0 Å². The van der Waals surface area contributed by atoms with Gasteiger partial charge in [0.2, 0.25) is 5.71 Å². The lowest BCUT2D eigenvalue weighted by molar-refractivity contribution is 0.145. The Morgan fingerprint density at radius 2 is 1.72 bits per heavy atom. The van der Waals surface area contributed by atoms with Gasteiger partial charge in [-0.25, -0.2) is 9.97 Å². The number of hydrogen-bond donors (Lipinski definition) is 3. The van der Waals surface area contributed by atoms with Crippen LogP contribution in [0.15, 0.2) is 65.3 Å². The van der Waals surface area contributed by atoms with Crippen LogP contribution in [0.3, 0.4) is 0 Å². The summed E-state index contributed by atoms with van der Waals surface area (Å²) in [4.78, 5) is 11.3. The van der Waals surface area contributed by atoms with E-state index in [-0.39, 0.29) is 12.7 Å². The quantitative estimate of drug-likeness (QED) is 0.427. The molecule has 1 aliphatic rings. The normalized spacial score (nSPS) is 14.8. The molecule has 7 nitrogen and oxygen atoms in total. The van der Waals surface area contributed by atoms with Crippen molar-refractivity contribution >= 4 is 22.6 Å². The van der Waals surface area contributed by atoms with E-state index in [1.54, 1.807) is 6.33 Å². The zero-order chi connectivity index (χ0) is 21.9. The van der Waals surface area contributed by atoms with Gasteiger partial charge in [0.05, 0.1) is 18.1 Å². The van der Waals surface area contributed by atoms with Gasteiger partial charge >= 0.3 is 0 Å². The number of rotatable bonds is 6. The van der Waals surface area contributed by atoms with Crippen molar-refractivity contribution in [2.24, 2.45) is 0 Å². The van der Waals surface area contributed by atoms with E-state index < -0.39 is 0 Å². The maximum Gasteiger partial charge on any atom is 0.232 e. The van der Waals surface area contributed by atoms with Gasteiger partial charge in [-0.2, -0.15) is 0 Å². The maximum absolute atomic E-state index is 9.95. The minimum atomic E-state index is -0.255.